The maximum absolute atomic E-state index is 12.1. The molecule has 1 amide bonds. The van der Waals surface area contributed by atoms with Crippen LogP contribution in [0.1, 0.15) is 13.8 Å². The minimum absolute atomic E-state index is 0.431. The fraction of sp³-hybridized carbons (Fsp3) is 0.875. The lowest BCUT2D eigenvalue weighted by Crippen LogP contribution is -2.55. The monoisotopic (exact) mass is 228 g/mol. The number of halogens is 3. The predicted molar refractivity (Wildman–Crippen MR) is 48.1 cm³/mol. The summed E-state index contributed by atoms with van der Waals surface area (Å²) in [4.78, 5) is 10.9. The lowest BCUT2D eigenvalue weighted by Gasteiger charge is -2.27. The molecule has 0 aliphatic rings. The average Bonchev–Trinajstić information content (AvgIpc) is 2.11. The van der Waals surface area contributed by atoms with E-state index < -0.39 is 30.3 Å². The van der Waals surface area contributed by atoms with Crippen molar-refractivity contribution in [1.29, 1.82) is 0 Å². The Balaban J connectivity index is 4.31. The molecule has 15 heavy (non-hydrogen) atoms. The molecule has 0 rings (SSSR count). The van der Waals surface area contributed by atoms with Gasteiger partial charge in [0.2, 0.25) is 5.91 Å². The number of nitrogens with two attached hydrogens (primary N) is 1. The SMILES string of the molecule is CNC(C)(COC(C)C(F)(F)F)C(N)=O. The summed E-state index contributed by atoms with van der Waals surface area (Å²) in [6.45, 7) is 1.81. The largest absolute Gasteiger partial charge is 0.414 e. The van der Waals surface area contributed by atoms with Gasteiger partial charge in [-0.05, 0) is 20.9 Å². The Kier molecular flexibility index (Phi) is 4.54. The first-order valence-electron chi connectivity index (χ1n) is 4.30. The molecular formula is C8H15F3N2O2. The van der Waals surface area contributed by atoms with Crippen LogP contribution in [0.3, 0.4) is 0 Å². The molecule has 0 saturated carbocycles. The van der Waals surface area contributed by atoms with Crippen LogP contribution in [0.15, 0.2) is 0 Å². The minimum atomic E-state index is -4.44. The highest BCUT2D eigenvalue weighted by atomic mass is 19.4. The highest BCUT2D eigenvalue weighted by molar-refractivity contribution is 5.84. The molecule has 0 aromatic carbocycles. The van der Waals surface area contributed by atoms with Gasteiger partial charge in [0, 0.05) is 0 Å². The molecule has 3 N–H and O–H groups in total. The number of rotatable bonds is 5. The zero-order valence-corrected chi connectivity index (χ0v) is 8.81. The van der Waals surface area contributed by atoms with Crippen LogP contribution in [0, 0.1) is 0 Å². The van der Waals surface area contributed by atoms with Gasteiger partial charge in [0.1, 0.15) is 5.54 Å². The third-order valence-corrected chi connectivity index (χ3v) is 2.18. The van der Waals surface area contributed by atoms with E-state index in [4.69, 9.17) is 5.73 Å². The van der Waals surface area contributed by atoms with Crippen molar-refractivity contribution in [2.24, 2.45) is 5.73 Å². The van der Waals surface area contributed by atoms with Gasteiger partial charge in [0.15, 0.2) is 6.10 Å². The molecule has 7 heteroatoms. The van der Waals surface area contributed by atoms with E-state index in [1.807, 2.05) is 0 Å². The molecule has 0 saturated heterocycles. The first kappa shape index (κ1) is 14.2. The Hall–Kier alpha value is -0.820. The van der Waals surface area contributed by atoms with Gasteiger partial charge in [-0.1, -0.05) is 0 Å². The number of hydrogen-bond acceptors (Lipinski definition) is 3. The molecule has 90 valence electrons. The highest BCUT2D eigenvalue weighted by Crippen LogP contribution is 2.23. The van der Waals surface area contributed by atoms with E-state index in [0.29, 0.717) is 0 Å². The van der Waals surface area contributed by atoms with Gasteiger partial charge in [-0.3, -0.25) is 4.79 Å². The predicted octanol–water partition coefficient (Wildman–Crippen LogP) is 0.417. The molecular weight excluding hydrogens is 213 g/mol. The molecule has 0 radical (unpaired) electrons. The van der Waals surface area contributed by atoms with Gasteiger partial charge in [-0.25, -0.2) is 0 Å². The molecule has 0 heterocycles. The van der Waals surface area contributed by atoms with E-state index in [9.17, 15) is 18.0 Å². The second-order valence-electron chi connectivity index (χ2n) is 3.44. The van der Waals surface area contributed by atoms with E-state index >= 15 is 0 Å². The third-order valence-electron chi connectivity index (χ3n) is 2.18. The smallest absolute Gasteiger partial charge is 0.368 e. The lowest BCUT2D eigenvalue weighted by atomic mass is 10.0. The Bertz CT molecular complexity index is 232. The molecule has 0 fully saturated rings. The molecule has 2 unspecified atom stereocenters. The molecule has 0 aromatic heterocycles. The number of likely N-dealkylation sites (N-methyl/N-ethyl adjacent to an activating group) is 1. The first-order valence-corrected chi connectivity index (χ1v) is 4.30. The molecule has 0 spiro atoms. The summed E-state index contributed by atoms with van der Waals surface area (Å²) in [7, 11) is 1.42. The van der Waals surface area contributed by atoms with Crippen LogP contribution in [-0.4, -0.2) is 37.4 Å². The second-order valence-corrected chi connectivity index (χ2v) is 3.44. The van der Waals surface area contributed by atoms with Crippen molar-refractivity contribution in [1.82, 2.24) is 5.32 Å². The normalized spacial score (nSPS) is 18.3. The Morgan fingerprint density at radius 1 is 1.53 bits per heavy atom. The fourth-order valence-electron chi connectivity index (χ4n) is 0.653. The minimum Gasteiger partial charge on any atom is -0.368 e. The van der Waals surface area contributed by atoms with Crippen molar-refractivity contribution in [2.45, 2.75) is 31.7 Å². The Labute approximate surface area is 86.0 Å². The van der Waals surface area contributed by atoms with E-state index in [0.717, 1.165) is 6.92 Å². The van der Waals surface area contributed by atoms with Crippen LogP contribution in [-0.2, 0) is 9.53 Å². The van der Waals surface area contributed by atoms with Gasteiger partial charge in [-0.15, -0.1) is 0 Å². The molecule has 4 nitrogen and oxygen atoms in total. The molecule has 2 atom stereocenters. The van der Waals surface area contributed by atoms with Crippen LogP contribution in [0.25, 0.3) is 0 Å². The number of carbonyl (C=O) groups is 1. The maximum atomic E-state index is 12.1. The number of nitrogens with one attached hydrogen (secondary N) is 1. The Morgan fingerprint density at radius 2 is 2.00 bits per heavy atom. The standard InChI is InChI=1S/C8H15F3N2O2/c1-5(8(9,10)11)15-4-7(2,13-3)6(12)14/h5,13H,4H2,1-3H3,(H2,12,14). The van der Waals surface area contributed by atoms with Crippen molar-refractivity contribution >= 4 is 5.91 Å². The number of amides is 1. The second kappa shape index (κ2) is 4.80. The van der Waals surface area contributed by atoms with Crippen LogP contribution >= 0.6 is 0 Å². The fourth-order valence-corrected chi connectivity index (χ4v) is 0.653. The lowest BCUT2D eigenvalue weighted by molar-refractivity contribution is -0.218. The molecule has 0 bridgehead atoms. The van der Waals surface area contributed by atoms with E-state index in [1.165, 1.54) is 14.0 Å². The van der Waals surface area contributed by atoms with Gasteiger partial charge in [-0.2, -0.15) is 13.2 Å². The van der Waals surface area contributed by atoms with Crippen LogP contribution < -0.4 is 11.1 Å². The zero-order valence-electron chi connectivity index (χ0n) is 8.81. The summed E-state index contributed by atoms with van der Waals surface area (Å²) in [6, 6.07) is 0. The summed E-state index contributed by atoms with van der Waals surface area (Å²) < 4.78 is 40.7. The maximum Gasteiger partial charge on any atom is 0.414 e. The molecule has 0 aliphatic carbocycles. The van der Waals surface area contributed by atoms with Crippen molar-refractivity contribution in [3.8, 4) is 0 Å². The van der Waals surface area contributed by atoms with E-state index in [1.54, 1.807) is 0 Å². The third kappa shape index (κ3) is 4.05. The summed E-state index contributed by atoms with van der Waals surface area (Å²) in [5.74, 6) is -0.764. The van der Waals surface area contributed by atoms with E-state index in [2.05, 4.69) is 10.1 Å². The number of carbonyl (C=O) groups excluding carboxylic acids is 1. The number of primary amides is 1. The summed E-state index contributed by atoms with van der Waals surface area (Å²) in [6.07, 6.45) is -6.36. The Morgan fingerprint density at radius 3 is 2.27 bits per heavy atom. The van der Waals surface area contributed by atoms with Crippen LogP contribution in [0.5, 0.6) is 0 Å². The van der Waals surface area contributed by atoms with Gasteiger partial charge in [0.25, 0.3) is 0 Å². The van der Waals surface area contributed by atoms with Crippen molar-refractivity contribution in [3.05, 3.63) is 0 Å². The van der Waals surface area contributed by atoms with Gasteiger partial charge < -0.3 is 15.8 Å². The van der Waals surface area contributed by atoms with Gasteiger partial charge in [0.05, 0.1) is 6.61 Å². The highest BCUT2D eigenvalue weighted by Gasteiger charge is 2.39. The van der Waals surface area contributed by atoms with Crippen LogP contribution in [0.4, 0.5) is 13.2 Å². The summed E-state index contributed by atoms with van der Waals surface area (Å²) in [5, 5.41) is 2.52. The van der Waals surface area contributed by atoms with Crippen molar-refractivity contribution in [3.63, 3.8) is 0 Å². The van der Waals surface area contributed by atoms with E-state index in [-0.39, 0.29) is 0 Å². The zero-order chi connectivity index (χ0) is 12.3. The van der Waals surface area contributed by atoms with Crippen LogP contribution in [0.2, 0.25) is 0 Å². The topological polar surface area (TPSA) is 64.3 Å². The molecule has 0 aliphatic heterocycles. The van der Waals surface area contributed by atoms with Crippen molar-refractivity contribution < 1.29 is 22.7 Å². The van der Waals surface area contributed by atoms with Gasteiger partial charge >= 0.3 is 6.18 Å². The first-order chi connectivity index (χ1) is 6.63. The number of ether oxygens (including phenoxy) is 1. The number of hydrogen-bond donors (Lipinski definition) is 2. The van der Waals surface area contributed by atoms with Crippen molar-refractivity contribution in [2.75, 3.05) is 13.7 Å². The summed E-state index contributed by atoms with van der Waals surface area (Å²) >= 11 is 0. The summed E-state index contributed by atoms with van der Waals surface area (Å²) in [5.41, 5.74) is 3.72. The quantitative estimate of drug-likeness (QED) is 0.716. The average molecular weight is 228 g/mol. The molecule has 0 aromatic rings. The number of alkyl halides is 3.